The van der Waals surface area contributed by atoms with Crippen LogP contribution in [0.15, 0.2) is 24.3 Å². The van der Waals surface area contributed by atoms with Crippen molar-refractivity contribution in [3.8, 4) is 0 Å². The van der Waals surface area contributed by atoms with E-state index in [9.17, 15) is 0 Å². The molecule has 1 fully saturated rings. The largest absolute Gasteiger partial charge is 0.370 e. The molecule has 5 nitrogen and oxygen atoms in total. The van der Waals surface area contributed by atoms with Crippen molar-refractivity contribution < 1.29 is 0 Å². The third-order valence-corrected chi connectivity index (χ3v) is 3.98. The van der Waals surface area contributed by atoms with E-state index in [0.29, 0.717) is 6.04 Å². The maximum absolute atomic E-state index is 4.80. The van der Waals surface area contributed by atoms with Gasteiger partial charge in [0.25, 0.3) is 0 Å². The van der Waals surface area contributed by atoms with Gasteiger partial charge >= 0.3 is 0 Å². The van der Waals surface area contributed by atoms with Gasteiger partial charge in [0.15, 0.2) is 11.6 Å². The molecule has 5 heteroatoms. The smallest absolute Gasteiger partial charge is 0.172 e. The van der Waals surface area contributed by atoms with Crippen molar-refractivity contribution in [3.63, 3.8) is 0 Å². The number of nitrogens with zero attached hydrogens (tertiary/aromatic N) is 3. The highest BCUT2D eigenvalue weighted by molar-refractivity contribution is 5.80. The van der Waals surface area contributed by atoms with Crippen LogP contribution in [0.3, 0.4) is 0 Å². The highest BCUT2D eigenvalue weighted by atomic mass is 15.2. The van der Waals surface area contributed by atoms with Crippen LogP contribution >= 0.6 is 0 Å². The van der Waals surface area contributed by atoms with Crippen molar-refractivity contribution in [1.82, 2.24) is 15.3 Å². The molecule has 0 spiro atoms. The molecule has 0 saturated carbocycles. The Morgan fingerprint density at radius 1 is 1.15 bits per heavy atom. The number of aromatic nitrogens is 2. The molecule has 1 aliphatic heterocycles. The van der Waals surface area contributed by atoms with Gasteiger partial charge in [-0.1, -0.05) is 12.1 Å². The number of para-hydroxylation sites is 2. The van der Waals surface area contributed by atoms with E-state index in [4.69, 9.17) is 4.98 Å². The minimum Gasteiger partial charge on any atom is -0.370 e. The van der Waals surface area contributed by atoms with E-state index in [1.165, 1.54) is 0 Å². The SMILES string of the molecule is CNc1nc2ccccc2nc1N(C)C1CCNCC1. The summed E-state index contributed by atoms with van der Waals surface area (Å²) in [5.74, 6) is 1.79. The summed E-state index contributed by atoms with van der Waals surface area (Å²) in [5, 5.41) is 6.58. The van der Waals surface area contributed by atoms with Gasteiger partial charge in [-0.05, 0) is 38.1 Å². The van der Waals surface area contributed by atoms with Crippen molar-refractivity contribution >= 4 is 22.7 Å². The second-order valence-corrected chi connectivity index (χ2v) is 5.23. The number of benzene rings is 1. The molecule has 1 aromatic carbocycles. The van der Waals surface area contributed by atoms with Gasteiger partial charge in [-0.15, -0.1) is 0 Å². The lowest BCUT2D eigenvalue weighted by atomic mass is 10.1. The average Bonchev–Trinajstić information content (AvgIpc) is 2.53. The van der Waals surface area contributed by atoms with Crippen LogP contribution in [0, 0.1) is 0 Å². The predicted molar refractivity (Wildman–Crippen MR) is 83.4 cm³/mol. The van der Waals surface area contributed by atoms with Crippen LogP contribution < -0.4 is 15.5 Å². The summed E-state index contributed by atoms with van der Waals surface area (Å²) in [4.78, 5) is 11.8. The Morgan fingerprint density at radius 2 is 1.80 bits per heavy atom. The van der Waals surface area contributed by atoms with Crippen LogP contribution in [0.2, 0.25) is 0 Å². The minimum atomic E-state index is 0.527. The molecule has 0 bridgehead atoms. The fourth-order valence-corrected chi connectivity index (χ4v) is 2.77. The summed E-state index contributed by atoms with van der Waals surface area (Å²) in [6, 6.07) is 8.54. The molecule has 1 aliphatic rings. The zero-order chi connectivity index (χ0) is 13.9. The maximum Gasteiger partial charge on any atom is 0.172 e. The fraction of sp³-hybridized carbons (Fsp3) is 0.467. The molecule has 0 atom stereocenters. The molecule has 0 amide bonds. The number of fused-ring (bicyclic) bond motifs is 1. The van der Waals surface area contributed by atoms with E-state index in [0.717, 1.165) is 48.6 Å². The molecule has 106 valence electrons. The monoisotopic (exact) mass is 271 g/mol. The summed E-state index contributed by atoms with van der Waals surface area (Å²) in [5.41, 5.74) is 1.88. The molecule has 2 heterocycles. The Labute approximate surface area is 119 Å². The number of piperidine rings is 1. The zero-order valence-corrected chi connectivity index (χ0v) is 12.1. The lowest BCUT2D eigenvalue weighted by molar-refractivity contribution is 0.442. The first-order valence-corrected chi connectivity index (χ1v) is 7.17. The van der Waals surface area contributed by atoms with Crippen molar-refractivity contribution in [2.75, 3.05) is 37.4 Å². The Bertz CT molecular complexity index is 592. The van der Waals surface area contributed by atoms with Gasteiger partial charge in [0.05, 0.1) is 11.0 Å². The van der Waals surface area contributed by atoms with Crippen LogP contribution in [0.4, 0.5) is 11.6 Å². The maximum atomic E-state index is 4.80. The third-order valence-electron chi connectivity index (χ3n) is 3.98. The van der Waals surface area contributed by atoms with Gasteiger partial charge in [-0.2, -0.15) is 0 Å². The number of anilines is 2. The van der Waals surface area contributed by atoms with Crippen LogP contribution in [0.25, 0.3) is 11.0 Å². The molecule has 1 aromatic heterocycles. The van der Waals surface area contributed by atoms with Crippen LogP contribution in [0.1, 0.15) is 12.8 Å². The van der Waals surface area contributed by atoms with E-state index >= 15 is 0 Å². The quantitative estimate of drug-likeness (QED) is 0.892. The summed E-state index contributed by atoms with van der Waals surface area (Å²) < 4.78 is 0. The first-order valence-electron chi connectivity index (χ1n) is 7.17. The Hall–Kier alpha value is -1.88. The first-order chi connectivity index (χ1) is 9.79. The standard InChI is InChI=1S/C15H21N5/c1-16-14-15(20(2)11-7-9-17-10-8-11)19-13-6-4-3-5-12(13)18-14/h3-6,11,17H,7-10H2,1-2H3,(H,16,18). The second kappa shape index (κ2) is 5.63. The summed E-state index contributed by atoms with van der Waals surface area (Å²) in [6.45, 7) is 2.15. The lowest BCUT2D eigenvalue weighted by Crippen LogP contribution is -2.41. The van der Waals surface area contributed by atoms with E-state index in [1.54, 1.807) is 0 Å². The molecule has 0 aliphatic carbocycles. The minimum absolute atomic E-state index is 0.527. The van der Waals surface area contributed by atoms with Crippen LogP contribution in [0.5, 0.6) is 0 Å². The summed E-state index contributed by atoms with van der Waals surface area (Å²) in [6.07, 6.45) is 2.29. The number of hydrogen-bond acceptors (Lipinski definition) is 5. The Balaban J connectivity index is 1.99. The molecule has 0 unspecified atom stereocenters. The van der Waals surface area contributed by atoms with Gasteiger partial charge in [0.2, 0.25) is 0 Å². The third kappa shape index (κ3) is 2.41. The molecule has 0 radical (unpaired) electrons. The molecule has 2 aromatic rings. The Kier molecular flexibility index (Phi) is 3.69. The molecular formula is C15H21N5. The van der Waals surface area contributed by atoms with Gasteiger partial charge in [-0.25, -0.2) is 9.97 Å². The fourth-order valence-electron chi connectivity index (χ4n) is 2.77. The van der Waals surface area contributed by atoms with Crippen LogP contribution in [-0.4, -0.2) is 43.2 Å². The van der Waals surface area contributed by atoms with Crippen LogP contribution in [-0.2, 0) is 0 Å². The van der Waals surface area contributed by atoms with E-state index in [2.05, 4.69) is 27.6 Å². The van der Waals surface area contributed by atoms with Crippen molar-refractivity contribution in [3.05, 3.63) is 24.3 Å². The van der Waals surface area contributed by atoms with Gasteiger partial charge in [0, 0.05) is 20.1 Å². The van der Waals surface area contributed by atoms with Crippen molar-refractivity contribution in [2.45, 2.75) is 18.9 Å². The molecule has 1 saturated heterocycles. The number of rotatable bonds is 3. The van der Waals surface area contributed by atoms with E-state index < -0.39 is 0 Å². The average molecular weight is 271 g/mol. The zero-order valence-electron chi connectivity index (χ0n) is 12.1. The predicted octanol–water partition coefficient (Wildman–Crippen LogP) is 1.86. The van der Waals surface area contributed by atoms with Crippen molar-refractivity contribution in [1.29, 1.82) is 0 Å². The molecular weight excluding hydrogens is 250 g/mol. The van der Waals surface area contributed by atoms with Gasteiger partial charge in [-0.3, -0.25) is 0 Å². The molecule has 2 N–H and O–H groups in total. The van der Waals surface area contributed by atoms with Gasteiger partial charge in [0.1, 0.15) is 0 Å². The van der Waals surface area contributed by atoms with Crippen molar-refractivity contribution in [2.24, 2.45) is 0 Å². The van der Waals surface area contributed by atoms with E-state index in [1.807, 2.05) is 31.3 Å². The normalized spacial score (nSPS) is 16.3. The number of nitrogens with one attached hydrogen (secondary N) is 2. The highest BCUT2D eigenvalue weighted by Crippen LogP contribution is 2.27. The number of hydrogen-bond donors (Lipinski definition) is 2. The topological polar surface area (TPSA) is 53.1 Å². The Morgan fingerprint density at radius 3 is 2.45 bits per heavy atom. The second-order valence-electron chi connectivity index (χ2n) is 5.23. The summed E-state index contributed by atoms with van der Waals surface area (Å²) in [7, 11) is 4.02. The lowest BCUT2D eigenvalue weighted by Gasteiger charge is -2.33. The van der Waals surface area contributed by atoms with E-state index in [-0.39, 0.29) is 0 Å². The first kappa shape index (κ1) is 13.1. The highest BCUT2D eigenvalue weighted by Gasteiger charge is 2.22. The van der Waals surface area contributed by atoms with Gasteiger partial charge < -0.3 is 15.5 Å². The molecule has 3 rings (SSSR count). The summed E-state index contributed by atoms with van der Waals surface area (Å²) >= 11 is 0. The molecule has 20 heavy (non-hydrogen) atoms.